The van der Waals surface area contributed by atoms with Crippen LogP contribution in [0.1, 0.15) is 48.3 Å². The van der Waals surface area contributed by atoms with Crippen molar-refractivity contribution in [2.75, 3.05) is 0 Å². The first-order valence-corrected chi connectivity index (χ1v) is 10.6. The minimum absolute atomic E-state index is 0.0792. The predicted octanol–water partition coefficient (Wildman–Crippen LogP) is 3.94. The number of hydrogen-bond donors (Lipinski definition) is 2. The highest BCUT2D eigenvalue weighted by Crippen LogP contribution is 2.24. The summed E-state index contributed by atoms with van der Waals surface area (Å²) in [6.07, 6.45) is 0. The first-order chi connectivity index (χ1) is 12.1. The Bertz CT molecular complexity index is 911. The molecule has 0 heterocycles. The highest BCUT2D eigenvalue weighted by Gasteiger charge is 2.20. The second-order valence-electron chi connectivity index (χ2n) is 6.47. The van der Waals surface area contributed by atoms with Crippen LogP contribution in [0.3, 0.4) is 0 Å². The number of halogens is 1. The molecule has 5 nitrogen and oxygen atoms in total. The highest BCUT2D eigenvalue weighted by molar-refractivity contribution is 9.10. The average Bonchev–Trinajstić information content (AvgIpc) is 2.54. The van der Waals surface area contributed by atoms with Gasteiger partial charge in [0.1, 0.15) is 0 Å². The fourth-order valence-electron chi connectivity index (χ4n) is 2.57. The van der Waals surface area contributed by atoms with Crippen LogP contribution in [0.4, 0.5) is 0 Å². The van der Waals surface area contributed by atoms with Gasteiger partial charge >= 0.3 is 0 Å². The summed E-state index contributed by atoms with van der Waals surface area (Å²) in [4.78, 5) is 12.8. The van der Waals surface area contributed by atoms with Crippen LogP contribution in [0, 0.1) is 6.92 Å². The molecule has 0 bridgehead atoms. The minimum atomic E-state index is -3.66. The van der Waals surface area contributed by atoms with Crippen LogP contribution in [0.15, 0.2) is 51.8 Å². The Kier molecular flexibility index (Phi) is 6.60. The van der Waals surface area contributed by atoms with E-state index in [9.17, 15) is 13.2 Å². The Hall–Kier alpha value is -1.70. The minimum Gasteiger partial charge on any atom is -0.345 e. The average molecular weight is 439 g/mol. The van der Waals surface area contributed by atoms with Crippen molar-refractivity contribution >= 4 is 31.9 Å². The molecule has 26 heavy (non-hydrogen) atoms. The molecule has 7 heteroatoms. The number of carbonyl (C=O) groups is 1. The molecule has 0 fully saturated rings. The standard InChI is InChI=1S/C19H23BrN2O3S/c1-12(2)22-26(24,25)15-10-9-13(3)17(11-15)19(23)21-14(4)16-7-5-6-8-18(16)20/h5-12,14,22H,1-4H3,(H,21,23). The number of nitrogens with one attached hydrogen (secondary N) is 2. The lowest BCUT2D eigenvalue weighted by molar-refractivity contribution is 0.0939. The lowest BCUT2D eigenvalue weighted by Gasteiger charge is -2.17. The SMILES string of the molecule is Cc1ccc(S(=O)(=O)NC(C)C)cc1C(=O)NC(C)c1ccccc1Br. The molecule has 0 saturated heterocycles. The van der Waals surface area contributed by atoms with Gasteiger partial charge in [0.05, 0.1) is 10.9 Å². The molecular formula is C19H23BrN2O3S. The molecule has 0 spiro atoms. The van der Waals surface area contributed by atoms with E-state index in [0.717, 1.165) is 10.0 Å². The molecule has 1 unspecified atom stereocenters. The second-order valence-corrected chi connectivity index (χ2v) is 9.04. The van der Waals surface area contributed by atoms with Gasteiger partial charge in [-0.2, -0.15) is 0 Å². The van der Waals surface area contributed by atoms with Crippen LogP contribution < -0.4 is 10.0 Å². The Morgan fingerprint density at radius 3 is 2.35 bits per heavy atom. The summed E-state index contributed by atoms with van der Waals surface area (Å²) in [5, 5.41) is 2.93. The first kappa shape index (κ1) is 20.6. The van der Waals surface area contributed by atoms with Crippen molar-refractivity contribution in [1.29, 1.82) is 0 Å². The zero-order valence-electron chi connectivity index (χ0n) is 15.2. The summed E-state index contributed by atoms with van der Waals surface area (Å²) in [5.41, 5.74) is 2.00. The quantitative estimate of drug-likeness (QED) is 0.716. The number of rotatable bonds is 6. The van der Waals surface area contributed by atoms with Crippen LogP contribution in [0.5, 0.6) is 0 Å². The molecule has 1 amide bonds. The van der Waals surface area contributed by atoms with Crippen LogP contribution in [-0.2, 0) is 10.0 Å². The Labute approximate surface area is 163 Å². The van der Waals surface area contributed by atoms with Gasteiger partial charge in [0.2, 0.25) is 10.0 Å². The molecule has 0 aliphatic carbocycles. The zero-order chi connectivity index (χ0) is 19.5. The Morgan fingerprint density at radius 2 is 1.73 bits per heavy atom. The molecule has 0 aliphatic heterocycles. The first-order valence-electron chi connectivity index (χ1n) is 8.30. The largest absolute Gasteiger partial charge is 0.345 e. The van der Waals surface area contributed by atoms with Crippen molar-refractivity contribution in [2.24, 2.45) is 0 Å². The molecule has 0 aromatic heterocycles. The summed E-state index contributed by atoms with van der Waals surface area (Å²) < 4.78 is 28.2. The van der Waals surface area contributed by atoms with Gasteiger partial charge in [-0.1, -0.05) is 40.2 Å². The van der Waals surface area contributed by atoms with E-state index in [-0.39, 0.29) is 22.9 Å². The molecule has 1 atom stereocenters. The third-order valence-electron chi connectivity index (χ3n) is 3.87. The molecule has 2 aromatic carbocycles. The smallest absolute Gasteiger partial charge is 0.252 e. The van der Waals surface area contributed by atoms with E-state index in [1.807, 2.05) is 31.2 Å². The summed E-state index contributed by atoms with van der Waals surface area (Å²) in [6.45, 7) is 7.16. The van der Waals surface area contributed by atoms with Crippen molar-refractivity contribution in [2.45, 2.75) is 44.7 Å². The summed E-state index contributed by atoms with van der Waals surface area (Å²) >= 11 is 3.48. The van der Waals surface area contributed by atoms with Gasteiger partial charge in [-0.15, -0.1) is 0 Å². The van der Waals surface area contributed by atoms with Gasteiger partial charge in [0.25, 0.3) is 5.91 Å². The van der Waals surface area contributed by atoms with Crippen LogP contribution in [0.25, 0.3) is 0 Å². The van der Waals surface area contributed by atoms with E-state index in [4.69, 9.17) is 0 Å². The Morgan fingerprint density at radius 1 is 1.08 bits per heavy atom. The molecule has 2 N–H and O–H groups in total. The van der Waals surface area contributed by atoms with Crippen molar-refractivity contribution in [3.8, 4) is 0 Å². The van der Waals surface area contributed by atoms with Crippen LogP contribution in [0.2, 0.25) is 0 Å². The molecule has 140 valence electrons. The monoisotopic (exact) mass is 438 g/mol. The van der Waals surface area contributed by atoms with Crippen molar-refractivity contribution < 1.29 is 13.2 Å². The van der Waals surface area contributed by atoms with Crippen LogP contribution >= 0.6 is 15.9 Å². The van der Waals surface area contributed by atoms with E-state index in [0.29, 0.717) is 11.1 Å². The number of carbonyl (C=O) groups excluding carboxylic acids is 1. The maximum Gasteiger partial charge on any atom is 0.252 e. The van der Waals surface area contributed by atoms with E-state index < -0.39 is 10.0 Å². The summed E-state index contributed by atoms with van der Waals surface area (Å²) in [5.74, 6) is -0.313. The number of hydrogen-bond acceptors (Lipinski definition) is 3. The highest BCUT2D eigenvalue weighted by atomic mass is 79.9. The molecule has 0 aliphatic rings. The molecule has 2 aromatic rings. The van der Waals surface area contributed by atoms with Crippen molar-refractivity contribution in [3.05, 3.63) is 63.6 Å². The second kappa shape index (κ2) is 8.33. The van der Waals surface area contributed by atoms with Gasteiger partial charge in [-0.25, -0.2) is 13.1 Å². The van der Waals surface area contributed by atoms with Crippen LogP contribution in [-0.4, -0.2) is 20.4 Å². The fraction of sp³-hybridized carbons (Fsp3) is 0.316. The van der Waals surface area contributed by atoms with E-state index in [1.54, 1.807) is 26.8 Å². The van der Waals surface area contributed by atoms with E-state index >= 15 is 0 Å². The topological polar surface area (TPSA) is 75.3 Å². The number of aryl methyl sites for hydroxylation is 1. The van der Waals surface area contributed by atoms with Gasteiger partial charge in [0, 0.05) is 16.1 Å². The normalized spacial score (nSPS) is 12.8. The lowest BCUT2D eigenvalue weighted by Crippen LogP contribution is -2.31. The van der Waals surface area contributed by atoms with Crippen molar-refractivity contribution in [3.63, 3.8) is 0 Å². The van der Waals surface area contributed by atoms with Gasteiger partial charge in [-0.05, 0) is 57.0 Å². The summed E-state index contributed by atoms with van der Waals surface area (Å²) in [6, 6.07) is 11.8. The van der Waals surface area contributed by atoms with Crippen molar-refractivity contribution in [1.82, 2.24) is 10.0 Å². The third kappa shape index (κ3) is 4.93. The Balaban J connectivity index is 2.29. The fourth-order valence-corrected chi connectivity index (χ4v) is 4.47. The predicted molar refractivity (Wildman–Crippen MR) is 107 cm³/mol. The molecular weight excluding hydrogens is 416 g/mol. The maximum atomic E-state index is 12.7. The molecule has 0 saturated carbocycles. The number of sulfonamides is 1. The van der Waals surface area contributed by atoms with E-state index in [1.165, 1.54) is 12.1 Å². The zero-order valence-corrected chi connectivity index (χ0v) is 17.6. The molecule has 0 radical (unpaired) electrons. The van der Waals surface area contributed by atoms with E-state index in [2.05, 4.69) is 26.0 Å². The van der Waals surface area contributed by atoms with Gasteiger partial charge in [-0.3, -0.25) is 4.79 Å². The third-order valence-corrected chi connectivity index (χ3v) is 6.25. The van der Waals surface area contributed by atoms with Gasteiger partial charge in [0.15, 0.2) is 0 Å². The van der Waals surface area contributed by atoms with Gasteiger partial charge < -0.3 is 5.32 Å². The summed E-state index contributed by atoms with van der Waals surface area (Å²) in [7, 11) is -3.66. The molecule has 2 rings (SSSR count). The maximum absolute atomic E-state index is 12.7. The lowest BCUT2D eigenvalue weighted by atomic mass is 10.1. The number of benzene rings is 2. The number of amides is 1.